The van der Waals surface area contributed by atoms with Crippen molar-refractivity contribution in [3.05, 3.63) is 47.0 Å². The molecule has 0 spiro atoms. The van der Waals surface area contributed by atoms with E-state index in [0.717, 1.165) is 0 Å². The fraction of sp³-hybridized carbons (Fsp3) is 0.381. The van der Waals surface area contributed by atoms with Crippen molar-refractivity contribution in [2.24, 2.45) is 0 Å². The van der Waals surface area contributed by atoms with Crippen LogP contribution in [0.5, 0.6) is 17.2 Å². The Balaban J connectivity index is 2.10. The highest BCUT2D eigenvalue weighted by Gasteiger charge is 2.19. The van der Waals surface area contributed by atoms with Gasteiger partial charge in [0.15, 0.2) is 6.10 Å². The van der Waals surface area contributed by atoms with Crippen LogP contribution in [0.25, 0.3) is 0 Å². The van der Waals surface area contributed by atoms with E-state index in [2.05, 4.69) is 26.1 Å². The Labute approximate surface area is 165 Å². The molecule has 1 atom stereocenters. The third-order valence-electron chi connectivity index (χ3n) is 4.13. The normalized spacial score (nSPS) is 12.3. The number of halogens is 1. The third kappa shape index (κ3) is 5.30. The highest BCUT2D eigenvalue weighted by Crippen LogP contribution is 2.36. The Morgan fingerprint density at radius 3 is 2.15 bits per heavy atom. The summed E-state index contributed by atoms with van der Waals surface area (Å²) in [6, 6.07) is 11.0. The number of carbonyl (C=O) groups excluding carboxylic acids is 1. The molecule has 0 bridgehead atoms. The van der Waals surface area contributed by atoms with Crippen LogP contribution in [0.1, 0.15) is 33.3 Å². The predicted molar refractivity (Wildman–Crippen MR) is 108 cm³/mol. The number of methoxy groups -OCH3 is 2. The van der Waals surface area contributed by atoms with Gasteiger partial charge in [-0.1, -0.05) is 44.5 Å². The molecule has 0 saturated carbocycles. The van der Waals surface area contributed by atoms with Crippen molar-refractivity contribution in [1.29, 1.82) is 0 Å². The van der Waals surface area contributed by atoms with Crippen molar-refractivity contribution in [3.8, 4) is 17.2 Å². The molecule has 27 heavy (non-hydrogen) atoms. The monoisotopic (exact) mass is 391 g/mol. The summed E-state index contributed by atoms with van der Waals surface area (Å²) >= 11 is 6.09. The zero-order valence-electron chi connectivity index (χ0n) is 16.6. The molecule has 0 heterocycles. The molecule has 6 heteroatoms. The maximum atomic E-state index is 12.5. The summed E-state index contributed by atoms with van der Waals surface area (Å²) in [6.07, 6.45) is -0.697. The van der Waals surface area contributed by atoms with Crippen LogP contribution in [0.3, 0.4) is 0 Å². The quantitative estimate of drug-likeness (QED) is 0.747. The van der Waals surface area contributed by atoms with Gasteiger partial charge in [-0.15, -0.1) is 0 Å². The highest BCUT2D eigenvalue weighted by molar-refractivity contribution is 6.32. The van der Waals surface area contributed by atoms with E-state index in [1.54, 1.807) is 19.1 Å². The van der Waals surface area contributed by atoms with E-state index in [1.165, 1.54) is 19.8 Å². The van der Waals surface area contributed by atoms with E-state index in [4.69, 9.17) is 25.8 Å². The van der Waals surface area contributed by atoms with Gasteiger partial charge in [0.25, 0.3) is 5.91 Å². The minimum Gasteiger partial charge on any atom is -0.495 e. The lowest BCUT2D eigenvalue weighted by atomic mass is 9.87. The van der Waals surface area contributed by atoms with Gasteiger partial charge in [-0.3, -0.25) is 4.79 Å². The molecule has 0 fully saturated rings. The van der Waals surface area contributed by atoms with Gasteiger partial charge in [0.05, 0.1) is 24.9 Å². The summed E-state index contributed by atoms with van der Waals surface area (Å²) in [7, 11) is 3.01. The number of hydrogen-bond acceptors (Lipinski definition) is 4. The Morgan fingerprint density at radius 2 is 1.63 bits per heavy atom. The molecule has 1 N–H and O–H groups in total. The van der Waals surface area contributed by atoms with E-state index in [9.17, 15) is 4.79 Å². The van der Waals surface area contributed by atoms with Gasteiger partial charge in [-0.25, -0.2) is 0 Å². The number of amides is 1. The first-order chi connectivity index (χ1) is 12.7. The summed E-state index contributed by atoms with van der Waals surface area (Å²) in [6.45, 7) is 8.12. The van der Waals surface area contributed by atoms with E-state index < -0.39 is 6.10 Å². The van der Waals surface area contributed by atoms with Crippen LogP contribution in [0.15, 0.2) is 36.4 Å². The van der Waals surface area contributed by atoms with E-state index in [1.807, 2.05) is 24.3 Å². The lowest BCUT2D eigenvalue weighted by Gasteiger charge is -2.20. The SMILES string of the molecule is COc1cc(NC(=O)[C@H](C)Oc2ccc(C(C)(C)C)cc2)c(OC)cc1Cl. The van der Waals surface area contributed by atoms with Crippen LogP contribution in [0.2, 0.25) is 5.02 Å². The molecule has 2 aromatic carbocycles. The second-order valence-corrected chi connectivity index (χ2v) is 7.62. The van der Waals surface area contributed by atoms with Gasteiger partial charge in [0.2, 0.25) is 0 Å². The fourth-order valence-electron chi connectivity index (χ4n) is 2.48. The van der Waals surface area contributed by atoms with E-state index >= 15 is 0 Å². The molecule has 2 aromatic rings. The lowest BCUT2D eigenvalue weighted by Crippen LogP contribution is -2.30. The number of carbonyl (C=O) groups is 1. The van der Waals surface area contributed by atoms with Crippen molar-refractivity contribution in [3.63, 3.8) is 0 Å². The minimum absolute atomic E-state index is 0.0612. The van der Waals surface area contributed by atoms with Gasteiger partial charge in [0, 0.05) is 12.1 Å². The average Bonchev–Trinajstić information content (AvgIpc) is 2.62. The van der Waals surface area contributed by atoms with Crippen LogP contribution in [0.4, 0.5) is 5.69 Å². The van der Waals surface area contributed by atoms with Crippen molar-refractivity contribution in [2.45, 2.75) is 39.2 Å². The van der Waals surface area contributed by atoms with Crippen LogP contribution >= 0.6 is 11.6 Å². The van der Waals surface area contributed by atoms with Gasteiger partial charge < -0.3 is 19.5 Å². The van der Waals surface area contributed by atoms with Crippen LogP contribution < -0.4 is 19.5 Å². The number of hydrogen-bond donors (Lipinski definition) is 1. The Bertz CT molecular complexity index is 797. The van der Waals surface area contributed by atoms with Gasteiger partial charge in [0.1, 0.15) is 17.2 Å². The van der Waals surface area contributed by atoms with Crippen molar-refractivity contribution in [1.82, 2.24) is 0 Å². The third-order valence-corrected chi connectivity index (χ3v) is 4.43. The highest BCUT2D eigenvalue weighted by atomic mass is 35.5. The summed E-state index contributed by atoms with van der Waals surface area (Å²) in [5, 5.41) is 3.19. The Morgan fingerprint density at radius 1 is 1.04 bits per heavy atom. The zero-order valence-corrected chi connectivity index (χ0v) is 17.3. The summed E-state index contributed by atoms with van der Waals surface area (Å²) in [5.74, 6) is 1.21. The first kappa shape index (κ1) is 20.9. The minimum atomic E-state index is -0.697. The summed E-state index contributed by atoms with van der Waals surface area (Å²) in [4.78, 5) is 12.5. The number of nitrogens with one attached hydrogen (secondary N) is 1. The van der Waals surface area contributed by atoms with Gasteiger partial charge in [-0.05, 0) is 30.0 Å². The molecule has 0 radical (unpaired) electrons. The number of benzene rings is 2. The topological polar surface area (TPSA) is 56.8 Å². The maximum Gasteiger partial charge on any atom is 0.265 e. The smallest absolute Gasteiger partial charge is 0.265 e. The molecule has 5 nitrogen and oxygen atoms in total. The molecule has 0 aliphatic carbocycles. The number of anilines is 1. The van der Waals surface area contributed by atoms with Gasteiger partial charge >= 0.3 is 0 Å². The van der Waals surface area contributed by atoms with Crippen LogP contribution in [0, 0.1) is 0 Å². The molecule has 2 rings (SSSR count). The van der Waals surface area contributed by atoms with E-state index in [-0.39, 0.29) is 11.3 Å². The lowest BCUT2D eigenvalue weighted by molar-refractivity contribution is -0.122. The van der Waals surface area contributed by atoms with E-state index in [0.29, 0.717) is 28.0 Å². The maximum absolute atomic E-state index is 12.5. The molecule has 1 amide bonds. The average molecular weight is 392 g/mol. The second-order valence-electron chi connectivity index (χ2n) is 7.21. The molecule has 0 aromatic heterocycles. The van der Waals surface area contributed by atoms with Crippen molar-refractivity contribution >= 4 is 23.2 Å². The molecular weight excluding hydrogens is 366 g/mol. The number of ether oxygens (including phenoxy) is 3. The predicted octanol–water partition coefficient (Wildman–Crippen LogP) is 5.06. The van der Waals surface area contributed by atoms with Crippen molar-refractivity contribution < 1.29 is 19.0 Å². The second kappa shape index (κ2) is 8.53. The summed E-state index contributed by atoms with van der Waals surface area (Å²) < 4.78 is 16.2. The first-order valence-electron chi connectivity index (χ1n) is 8.65. The Kier molecular flexibility index (Phi) is 6.60. The molecular formula is C21H26ClNO4. The fourth-order valence-corrected chi connectivity index (χ4v) is 2.71. The summed E-state index contributed by atoms with van der Waals surface area (Å²) in [5.41, 5.74) is 1.72. The number of rotatable bonds is 6. The van der Waals surface area contributed by atoms with Crippen LogP contribution in [-0.4, -0.2) is 26.2 Å². The Hall–Kier alpha value is -2.40. The first-order valence-corrected chi connectivity index (χ1v) is 9.03. The zero-order chi connectivity index (χ0) is 20.2. The molecule has 146 valence electrons. The molecule has 0 unspecified atom stereocenters. The van der Waals surface area contributed by atoms with Crippen molar-refractivity contribution in [2.75, 3.05) is 19.5 Å². The molecule has 0 saturated heterocycles. The standard InChI is InChI=1S/C21H26ClNO4/c1-13(27-15-9-7-14(8-10-15)21(2,3)4)20(24)23-17-12-18(25-5)16(22)11-19(17)26-6/h7-13H,1-6H3,(H,23,24)/t13-/m0/s1. The molecule has 0 aliphatic heterocycles. The van der Waals surface area contributed by atoms with Gasteiger partial charge in [-0.2, -0.15) is 0 Å². The largest absolute Gasteiger partial charge is 0.495 e. The molecule has 0 aliphatic rings. The van der Waals surface area contributed by atoms with Crippen LogP contribution in [-0.2, 0) is 10.2 Å².